The van der Waals surface area contributed by atoms with Gasteiger partial charge in [0.15, 0.2) is 0 Å². The molecular formula is C20H42NO2+. The van der Waals surface area contributed by atoms with Crippen LogP contribution in [0.5, 0.6) is 0 Å². The highest BCUT2D eigenvalue weighted by molar-refractivity contribution is 5.75. The highest BCUT2D eigenvalue weighted by Crippen LogP contribution is 2.21. The summed E-state index contributed by atoms with van der Waals surface area (Å²) in [5, 5.41) is 0. The number of ether oxygens (including phenoxy) is 1. The van der Waals surface area contributed by atoms with Gasteiger partial charge in [0.05, 0.1) is 39.7 Å². The predicted molar refractivity (Wildman–Crippen MR) is 99.5 cm³/mol. The first-order valence-electron chi connectivity index (χ1n) is 9.67. The Morgan fingerprint density at radius 1 is 0.826 bits per heavy atom. The summed E-state index contributed by atoms with van der Waals surface area (Å²) in [5.74, 6) is -0.0473. The lowest BCUT2D eigenvalue weighted by Gasteiger charge is -2.23. The third kappa shape index (κ3) is 13.6. The van der Waals surface area contributed by atoms with Gasteiger partial charge in [-0.1, -0.05) is 45.4 Å². The minimum Gasteiger partial charge on any atom is -0.465 e. The van der Waals surface area contributed by atoms with Crippen molar-refractivity contribution in [3.05, 3.63) is 0 Å². The van der Waals surface area contributed by atoms with Crippen molar-refractivity contribution in [2.45, 2.75) is 85.0 Å². The zero-order valence-corrected chi connectivity index (χ0v) is 16.7. The summed E-state index contributed by atoms with van der Waals surface area (Å²) in [7, 11) is 6.79. The van der Waals surface area contributed by atoms with Crippen LogP contribution < -0.4 is 0 Å². The maximum Gasteiger partial charge on any atom is 0.311 e. The second-order valence-corrected chi connectivity index (χ2v) is 8.57. The summed E-state index contributed by atoms with van der Waals surface area (Å²) >= 11 is 0. The molecule has 0 amide bonds. The van der Waals surface area contributed by atoms with E-state index in [1.807, 2.05) is 20.8 Å². The summed E-state index contributed by atoms with van der Waals surface area (Å²) in [6.07, 6.45) is 12.4. The van der Waals surface area contributed by atoms with Crippen molar-refractivity contribution in [1.82, 2.24) is 0 Å². The lowest BCUT2D eigenvalue weighted by atomic mass is 9.91. The van der Waals surface area contributed by atoms with Gasteiger partial charge in [0, 0.05) is 0 Å². The van der Waals surface area contributed by atoms with Gasteiger partial charge in [-0.3, -0.25) is 4.79 Å². The SMILES string of the molecule is CCC(C)(C)C(=O)OCCCCCCCCCCC[N+](C)(C)C. The van der Waals surface area contributed by atoms with Gasteiger partial charge >= 0.3 is 5.97 Å². The topological polar surface area (TPSA) is 26.3 Å². The van der Waals surface area contributed by atoms with E-state index in [0.29, 0.717) is 6.61 Å². The van der Waals surface area contributed by atoms with Crippen LogP contribution in [0.2, 0.25) is 0 Å². The molecule has 0 aliphatic rings. The first kappa shape index (κ1) is 22.4. The molecule has 3 nitrogen and oxygen atoms in total. The van der Waals surface area contributed by atoms with Crippen LogP contribution in [0.3, 0.4) is 0 Å². The number of unbranched alkanes of at least 4 members (excludes halogenated alkanes) is 8. The van der Waals surface area contributed by atoms with Gasteiger partial charge in [0.1, 0.15) is 0 Å². The van der Waals surface area contributed by atoms with Gasteiger partial charge in [-0.25, -0.2) is 0 Å². The Labute approximate surface area is 145 Å². The molecule has 0 heterocycles. The van der Waals surface area contributed by atoms with Crippen LogP contribution >= 0.6 is 0 Å². The minimum atomic E-state index is -0.328. The number of rotatable bonds is 14. The van der Waals surface area contributed by atoms with Crippen molar-refractivity contribution in [3.63, 3.8) is 0 Å². The first-order chi connectivity index (χ1) is 10.7. The Morgan fingerprint density at radius 2 is 1.26 bits per heavy atom. The summed E-state index contributed by atoms with van der Waals surface area (Å²) < 4.78 is 6.44. The van der Waals surface area contributed by atoms with E-state index in [9.17, 15) is 4.79 Å². The highest BCUT2D eigenvalue weighted by atomic mass is 16.5. The van der Waals surface area contributed by atoms with Crippen molar-refractivity contribution in [2.24, 2.45) is 5.41 Å². The lowest BCUT2D eigenvalue weighted by Crippen LogP contribution is -2.35. The predicted octanol–water partition coefficient (Wildman–Crippen LogP) is 5.18. The standard InChI is InChI=1S/C20H42NO2/c1-7-20(2,3)19(22)23-18-16-14-12-10-8-9-11-13-15-17-21(4,5)6/h7-18H2,1-6H3/q+1. The zero-order chi connectivity index (χ0) is 17.8. The fourth-order valence-corrected chi connectivity index (χ4v) is 2.43. The van der Waals surface area contributed by atoms with E-state index < -0.39 is 0 Å². The average molecular weight is 329 g/mol. The summed E-state index contributed by atoms with van der Waals surface area (Å²) in [6.45, 7) is 7.82. The molecule has 0 radical (unpaired) electrons. The first-order valence-corrected chi connectivity index (χ1v) is 9.67. The van der Waals surface area contributed by atoms with E-state index in [0.717, 1.165) is 17.3 Å². The van der Waals surface area contributed by atoms with Crippen LogP contribution in [0.1, 0.15) is 85.0 Å². The highest BCUT2D eigenvalue weighted by Gasteiger charge is 2.26. The Balaban J connectivity index is 3.30. The third-order valence-electron chi connectivity index (χ3n) is 4.64. The summed E-state index contributed by atoms with van der Waals surface area (Å²) in [5.41, 5.74) is -0.328. The molecule has 0 N–H and O–H groups in total. The molecule has 138 valence electrons. The number of nitrogens with zero attached hydrogens (tertiary/aromatic N) is 1. The fourth-order valence-electron chi connectivity index (χ4n) is 2.43. The van der Waals surface area contributed by atoms with Crippen molar-refractivity contribution >= 4 is 5.97 Å². The molecule has 23 heavy (non-hydrogen) atoms. The van der Waals surface area contributed by atoms with Crippen molar-refractivity contribution in [1.29, 1.82) is 0 Å². The fraction of sp³-hybridized carbons (Fsp3) is 0.950. The van der Waals surface area contributed by atoms with Gasteiger partial charge in [-0.2, -0.15) is 0 Å². The number of esters is 1. The van der Waals surface area contributed by atoms with Gasteiger partial charge in [0.25, 0.3) is 0 Å². The number of carbonyl (C=O) groups excluding carboxylic acids is 1. The molecule has 0 aromatic rings. The van der Waals surface area contributed by atoms with Crippen LogP contribution in [-0.4, -0.2) is 44.7 Å². The number of hydrogen-bond donors (Lipinski definition) is 0. The number of hydrogen-bond acceptors (Lipinski definition) is 2. The quantitative estimate of drug-likeness (QED) is 0.249. The van der Waals surface area contributed by atoms with Gasteiger partial charge in [-0.15, -0.1) is 0 Å². The second kappa shape index (κ2) is 11.9. The van der Waals surface area contributed by atoms with E-state index in [1.54, 1.807) is 0 Å². The Bertz CT molecular complexity index is 305. The molecule has 0 bridgehead atoms. The van der Waals surface area contributed by atoms with Crippen LogP contribution in [-0.2, 0) is 9.53 Å². The van der Waals surface area contributed by atoms with Crippen LogP contribution in [0.4, 0.5) is 0 Å². The molecule has 0 aliphatic carbocycles. The molecule has 0 aliphatic heterocycles. The maximum absolute atomic E-state index is 11.8. The van der Waals surface area contributed by atoms with Gasteiger partial charge in [-0.05, 0) is 39.5 Å². The molecule has 3 heteroatoms. The van der Waals surface area contributed by atoms with Crippen molar-refractivity contribution < 1.29 is 14.0 Å². The third-order valence-corrected chi connectivity index (χ3v) is 4.64. The maximum atomic E-state index is 11.8. The second-order valence-electron chi connectivity index (χ2n) is 8.57. The summed E-state index contributed by atoms with van der Waals surface area (Å²) in [4.78, 5) is 11.8. The Morgan fingerprint density at radius 3 is 1.70 bits per heavy atom. The van der Waals surface area contributed by atoms with E-state index in [1.165, 1.54) is 57.9 Å². The zero-order valence-electron chi connectivity index (χ0n) is 16.7. The van der Waals surface area contributed by atoms with Gasteiger partial charge in [0.2, 0.25) is 0 Å². The molecule has 0 fully saturated rings. The molecule has 0 atom stereocenters. The smallest absolute Gasteiger partial charge is 0.311 e. The van der Waals surface area contributed by atoms with Crippen LogP contribution in [0.15, 0.2) is 0 Å². The van der Waals surface area contributed by atoms with E-state index in [2.05, 4.69) is 21.1 Å². The lowest BCUT2D eigenvalue weighted by molar-refractivity contribution is -0.870. The van der Waals surface area contributed by atoms with E-state index in [-0.39, 0.29) is 11.4 Å². The van der Waals surface area contributed by atoms with Gasteiger partial charge < -0.3 is 9.22 Å². The van der Waals surface area contributed by atoms with Crippen molar-refractivity contribution in [3.8, 4) is 0 Å². The molecule has 0 saturated heterocycles. The molecule has 0 aromatic heterocycles. The Kier molecular flexibility index (Phi) is 11.6. The molecule has 0 aromatic carbocycles. The summed E-state index contributed by atoms with van der Waals surface area (Å²) in [6, 6.07) is 0. The monoisotopic (exact) mass is 328 g/mol. The molecule has 0 saturated carbocycles. The number of carbonyl (C=O) groups is 1. The van der Waals surface area contributed by atoms with E-state index in [4.69, 9.17) is 4.74 Å². The molecular weight excluding hydrogens is 286 g/mol. The number of quaternary nitrogens is 1. The normalized spacial score (nSPS) is 12.4. The van der Waals surface area contributed by atoms with Crippen molar-refractivity contribution in [2.75, 3.05) is 34.3 Å². The molecule has 0 spiro atoms. The van der Waals surface area contributed by atoms with E-state index >= 15 is 0 Å². The van der Waals surface area contributed by atoms with Crippen LogP contribution in [0, 0.1) is 5.41 Å². The molecule has 0 unspecified atom stereocenters. The minimum absolute atomic E-state index is 0.0473. The average Bonchev–Trinajstić information content (AvgIpc) is 2.46. The van der Waals surface area contributed by atoms with Crippen LogP contribution in [0.25, 0.3) is 0 Å². The molecule has 0 rings (SSSR count). The Hall–Kier alpha value is -0.570. The largest absolute Gasteiger partial charge is 0.465 e.